The fraction of sp³-hybridized carbons (Fsp3) is 0.0667. The summed E-state index contributed by atoms with van der Waals surface area (Å²) in [6, 6.07) is 13.5. The number of H-pyrrole nitrogens is 1. The zero-order valence-electron chi connectivity index (χ0n) is 9.97. The Morgan fingerprint density at radius 2 is 1.83 bits per heavy atom. The van der Waals surface area contributed by atoms with Crippen LogP contribution in [0.3, 0.4) is 0 Å². The molecule has 3 heteroatoms. The van der Waals surface area contributed by atoms with Gasteiger partial charge in [-0.1, -0.05) is 30.3 Å². The molecule has 2 aromatic heterocycles. The van der Waals surface area contributed by atoms with Gasteiger partial charge in [-0.3, -0.25) is 4.79 Å². The first kappa shape index (κ1) is 10.7. The second kappa shape index (κ2) is 4.11. The maximum atomic E-state index is 12.2. The number of nitrogens with one attached hydrogen (secondary N) is 1. The number of aromatic nitrogens is 2. The van der Waals surface area contributed by atoms with Crippen LogP contribution in [0.1, 0.15) is 5.56 Å². The van der Waals surface area contributed by atoms with Crippen molar-refractivity contribution >= 4 is 11.0 Å². The van der Waals surface area contributed by atoms with Gasteiger partial charge in [-0.2, -0.15) is 0 Å². The number of aromatic amines is 1. The second-order valence-corrected chi connectivity index (χ2v) is 4.22. The number of nitrogens with zero attached hydrogens (tertiary/aromatic N) is 1. The van der Waals surface area contributed by atoms with Crippen molar-refractivity contribution < 1.29 is 0 Å². The molecule has 0 saturated heterocycles. The van der Waals surface area contributed by atoms with Crippen LogP contribution in [0.4, 0.5) is 0 Å². The summed E-state index contributed by atoms with van der Waals surface area (Å²) in [4.78, 5) is 19.2. The Morgan fingerprint density at radius 1 is 1.06 bits per heavy atom. The fourth-order valence-corrected chi connectivity index (χ4v) is 2.23. The minimum absolute atomic E-state index is 0.0927. The third-order valence-electron chi connectivity index (χ3n) is 3.11. The smallest absolute Gasteiger partial charge is 0.257 e. The van der Waals surface area contributed by atoms with E-state index in [1.807, 2.05) is 49.4 Å². The average Bonchev–Trinajstić information content (AvgIpc) is 2.40. The molecule has 0 amide bonds. The normalized spacial score (nSPS) is 10.7. The lowest BCUT2D eigenvalue weighted by molar-refractivity contribution is 1.21. The molecule has 1 aromatic carbocycles. The predicted molar refractivity (Wildman–Crippen MR) is 72.5 cm³/mol. The van der Waals surface area contributed by atoms with Crippen LogP contribution < -0.4 is 5.56 Å². The maximum Gasteiger partial charge on any atom is 0.257 e. The van der Waals surface area contributed by atoms with Gasteiger partial charge in [-0.15, -0.1) is 0 Å². The topological polar surface area (TPSA) is 45.8 Å². The number of benzene rings is 1. The van der Waals surface area contributed by atoms with Gasteiger partial charge in [0.2, 0.25) is 0 Å². The van der Waals surface area contributed by atoms with Gasteiger partial charge < -0.3 is 4.98 Å². The van der Waals surface area contributed by atoms with Crippen LogP contribution in [-0.4, -0.2) is 9.97 Å². The SMILES string of the molecule is Cc1c(-c2ccccc2)c(=O)[nH]c2ncccc12. The molecule has 0 bridgehead atoms. The molecule has 0 saturated carbocycles. The van der Waals surface area contributed by atoms with Crippen molar-refractivity contribution in [2.75, 3.05) is 0 Å². The highest BCUT2D eigenvalue weighted by Crippen LogP contribution is 2.23. The lowest BCUT2D eigenvalue weighted by Crippen LogP contribution is -2.11. The molecular formula is C15H12N2O. The van der Waals surface area contributed by atoms with Gasteiger partial charge in [-0.25, -0.2) is 4.98 Å². The van der Waals surface area contributed by atoms with E-state index in [0.717, 1.165) is 22.1 Å². The van der Waals surface area contributed by atoms with Gasteiger partial charge >= 0.3 is 0 Å². The van der Waals surface area contributed by atoms with Gasteiger partial charge in [0.15, 0.2) is 0 Å². The van der Waals surface area contributed by atoms with E-state index in [1.165, 1.54) is 0 Å². The van der Waals surface area contributed by atoms with E-state index in [4.69, 9.17) is 0 Å². The molecule has 0 aliphatic heterocycles. The fourth-order valence-electron chi connectivity index (χ4n) is 2.23. The predicted octanol–water partition coefficient (Wildman–Crippen LogP) is 2.90. The zero-order chi connectivity index (χ0) is 12.5. The Balaban J connectivity index is 2.41. The number of hydrogen-bond donors (Lipinski definition) is 1. The zero-order valence-corrected chi connectivity index (χ0v) is 9.97. The molecule has 0 aliphatic rings. The monoisotopic (exact) mass is 236 g/mol. The van der Waals surface area contributed by atoms with E-state index >= 15 is 0 Å². The van der Waals surface area contributed by atoms with Crippen molar-refractivity contribution in [2.45, 2.75) is 6.92 Å². The minimum atomic E-state index is -0.0927. The van der Waals surface area contributed by atoms with Crippen molar-refractivity contribution in [1.82, 2.24) is 9.97 Å². The van der Waals surface area contributed by atoms with E-state index in [2.05, 4.69) is 9.97 Å². The van der Waals surface area contributed by atoms with E-state index in [1.54, 1.807) is 6.20 Å². The molecule has 0 spiro atoms. The third kappa shape index (κ3) is 1.61. The molecule has 0 radical (unpaired) electrons. The van der Waals surface area contributed by atoms with E-state index in [0.29, 0.717) is 5.65 Å². The average molecular weight is 236 g/mol. The lowest BCUT2D eigenvalue weighted by Gasteiger charge is -2.07. The molecule has 0 unspecified atom stereocenters. The molecular weight excluding hydrogens is 224 g/mol. The number of rotatable bonds is 1. The van der Waals surface area contributed by atoms with Crippen LogP contribution in [0.15, 0.2) is 53.5 Å². The van der Waals surface area contributed by atoms with Crippen molar-refractivity contribution in [1.29, 1.82) is 0 Å². The number of fused-ring (bicyclic) bond motifs is 1. The van der Waals surface area contributed by atoms with Gasteiger partial charge in [0.25, 0.3) is 5.56 Å². The van der Waals surface area contributed by atoms with Crippen LogP contribution >= 0.6 is 0 Å². The van der Waals surface area contributed by atoms with Gasteiger partial charge in [0, 0.05) is 11.6 Å². The lowest BCUT2D eigenvalue weighted by atomic mass is 10.00. The molecule has 3 aromatic rings. The molecule has 18 heavy (non-hydrogen) atoms. The molecule has 0 fully saturated rings. The van der Waals surface area contributed by atoms with Crippen LogP contribution in [-0.2, 0) is 0 Å². The highest BCUT2D eigenvalue weighted by atomic mass is 16.1. The summed E-state index contributed by atoms with van der Waals surface area (Å²) in [5.41, 5.74) is 3.16. The van der Waals surface area contributed by atoms with E-state index < -0.39 is 0 Å². The van der Waals surface area contributed by atoms with Crippen molar-refractivity contribution in [2.24, 2.45) is 0 Å². The maximum absolute atomic E-state index is 12.2. The molecule has 1 N–H and O–H groups in total. The summed E-state index contributed by atoms with van der Waals surface area (Å²) in [5, 5.41) is 0.982. The van der Waals surface area contributed by atoms with E-state index in [-0.39, 0.29) is 5.56 Å². The van der Waals surface area contributed by atoms with Crippen LogP contribution in [0.25, 0.3) is 22.2 Å². The second-order valence-electron chi connectivity index (χ2n) is 4.22. The third-order valence-corrected chi connectivity index (χ3v) is 3.11. The summed E-state index contributed by atoms with van der Waals surface area (Å²) in [7, 11) is 0. The summed E-state index contributed by atoms with van der Waals surface area (Å²) in [5.74, 6) is 0. The molecule has 3 rings (SSSR count). The molecule has 88 valence electrons. The Kier molecular flexibility index (Phi) is 2.45. The first-order valence-electron chi connectivity index (χ1n) is 5.80. The first-order chi connectivity index (χ1) is 8.77. The summed E-state index contributed by atoms with van der Waals surface area (Å²) >= 11 is 0. The largest absolute Gasteiger partial charge is 0.306 e. The summed E-state index contributed by atoms with van der Waals surface area (Å²) in [6.45, 7) is 1.96. The van der Waals surface area contributed by atoms with Gasteiger partial charge in [-0.05, 0) is 30.2 Å². The van der Waals surface area contributed by atoms with Crippen LogP contribution in [0.5, 0.6) is 0 Å². The Bertz CT molecular complexity index is 760. The standard InChI is InChI=1S/C15H12N2O/c1-10-12-8-5-9-16-14(12)17-15(18)13(10)11-6-3-2-4-7-11/h2-9H,1H3,(H,16,17,18). The van der Waals surface area contributed by atoms with Crippen LogP contribution in [0.2, 0.25) is 0 Å². The number of pyridine rings is 2. The molecule has 0 atom stereocenters. The Morgan fingerprint density at radius 3 is 2.61 bits per heavy atom. The Hall–Kier alpha value is -2.42. The summed E-state index contributed by atoms with van der Waals surface area (Å²) in [6.07, 6.45) is 1.68. The van der Waals surface area contributed by atoms with Crippen LogP contribution in [0, 0.1) is 6.92 Å². The van der Waals surface area contributed by atoms with Gasteiger partial charge in [0.05, 0.1) is 5.56 Å². The highest BCUT2D eigenvalue weighted by molar-refractivity contribution is 5.85. The van der Waals surface area contributed by atoms with Crippen molar-refractivity contribution in [3.05, 3.63) is 64.6 Å². The highest BCUT2D eigenvalue weighted by Gasteiger charge is 2.10. The first-order valence-corrected chi connectivity index (χ1v) is 5.80. The number of hydrogen-bond acceptors (Lipinski definition) is 2. The summed E-state index contributed by atoms with van der Waals surface area (Å²) < 4.78 is 0. The van der Waals surface area contributed by atoms with Crippen molar-refractivity contribution in [3.63, 3.8) is 0 Å². The Labute approximate surface area is 104 Å². The quantitative estimate of drug-likeness (QED) is 0.706. The van der Waals surface area contributed by atoms with Gasteiger partial charge in [0.1, 0.15) is 5.65 Å². The van der Waals surface area contributed by atoms with Crippen molar-refractivity contribution in [3.8, 4) is 11.1 Å². The minimum Gasteiger partial charge on any atom is -0.306 e. The molecule has 0 aliphatic carbocycles. The number of aryl methyl sites for hydroxylation is 1. The van der Waals surface area contributed by atoms with E-state index in [9.17, 15) is 4.79 Å². The molecule has 2 heterocycles. The molecule has 3 nitrogen and oxygen atoms in total.